The summed E-state index contributed by atoms with van der Waals surface area (Å²) in [7, 11) is 1.86. The van der Waals surface area contributed by atoms with Gasteiger partial charge in [-0.3, -0.25) is 0 Å². The van der Waals surface area contributed by atoms with Crippen molar-refractivity contribution in [2.24, 2.45) is 0 Å². The van der Waals surface area contributed by atoms with Crippen molar-refractivity contribution in [2.45, 2.75) is 18.4 Å². The number of hydrogen-bond acceptors (Lipinski definition) is 4. The van der Waals surface area contributed by atoms with Gasteiger partial charge in [0.2, 0.25) is 0 Å². The van der Waals surface area contributed by atoms with Crippen LogP contribution >= 0.6 is 0 Å². The lowest BCUT2D eigenvalue weighted by atomic mass is 9.81. The first-order valence-electron chi connectivity index (χ1n) is 7.79. The van der Waals surface area contributed by atoms with Crippen LogP contribution in [0.15, 0.2) is 42.5 Å². The van der Waals surface area contributed by atoms with Crippen LogP contribution in [0.1, 0.15) is 39.9 Å². The molecule has 1 N–H and O–H groups in total. The zero-order valence-electron chi connectivity index (χ0n) is 13.3. The van der Waals surface area contributed by atoms with Crippen molar-refractivity contribution in [2.75, 3.05) is 13.6 Å². The third kappa shape index (κ3) is 2.66. The number of nitrogens with one attached hydrogen (secondary N) is 1. The Morgan fingerprint density at radius 2 is 2.00 bits per heavy atom. The Bertz CT molecular complexity index is 811. The molecule has 0 radical (unpaired) electrons. The van der Waals surface area contributed by atoms with Gasteiger partial charge in [0, 0.05) is 11.1 Å². The topological polar surface area (TPSA) is 62.1 Å². The fourth-order valence-corrected chi connectivity index (χ4v) is 3.18. The highest BCUT2D eigenvalue weighted by atomic mass is 19.1. The van der Waals surface area contributed by atoms with E-state index in [0.29, 0.717) is 17.5 Å². The summed E-state index contributed by atoms with van der Waals surface area (Å²) in [6, 6.07) is 13.1. The van der Waals surface area contributed by atoms with Gasteiger partial charge < -0.3 is 10.1 Å². The number of carbonyl (C=O) groups is 1. The van der Waals surface area contributed by atoms with E-state index in [2.05, 4.69) is 5.32 Å². The lowest BCUT2D eigenvalue weighted by molar-refractivity contribution is 0.00650. The van der Waals surface area contributed by atoms with Crippen molar-refractivity contribution in [3.05, 3.63) is 70.5 Å². The summed E-state index contributed by atoms with van der Waals surface area (Å²) in [5.41, 5.74) is 1.34. The van der Waals surface area contributed by atoms with E-state index in [1.54, 1.807) is 30.3 Å². The summed E-state index contributed by atoms with van der Waals surface area (Å²) in [5.74, 6) is -0.788. The molecule has 0 amide bonds. The van der Waals surface area contributed by atoms with Gasteiger partial charge in [-0.15, -0.1) is 0 Å². The van der Waals surface area contributed by atoms with Gasteiger partial charge in [0.05, 0.1) is 17.2 Å². The molecule has 1 heterocycles. The second kappa shape index (κ2) is 6.42. The van der Waals surface area contributed by atoms with Crippen LogP contribution in [0.3, 0.4) is 0 Å². The molecule has 0 fully saturated rings. The number of fused-ring (bicyclic) bond motifs is 1. The van der Waals surface area contributed by atoms with Crippen LogP contribution in [-0.4, -0.2) is 19.6 Å². The van der Waals surface area contributed by atoms with Crippen LogP contribution in [0.25, 0.3) is 0 Å². The van der Waals surface area contributed by atoms with Gasteiger partial charge in [-0.1, -0.05) is 18.2 Å². The summed E-state index contributed by atoms with van der Waals surface area (Å²) < 4.78 is 19.1. The second-order valence-electron chi connectivity index (χ2n) is 5.80. The van der Waals surface area contributed by atoms with E-state index in [1.165, 1.54) is 12.1 Å². The van der Waals surface area contributed by atoms with E-state index >= 15 is 0 Å². The molecular formula is C19H17FN2O2. The summed E-state index contributed by atoms with van der Waals surface area (Å²) in [4.78, 5) is 12.4. The average Bonchev–Trinajstić information content (AvgIpc) is 2.88. The maximum Gasteiger partial charge on any atom is 0.339 e. The maximum atomic E-state index is 13.3. The molecule has 5 heteroatoms. The molecule has 0 bridgehead atoms. The van der Waals surface area contributed by atoms with E-state index in [4.69, 9.17) is 10.00 Å². The standard InChI is InChI=1S/C19H17FN2O2/c1-22-10-2-9-19(14-4-6-15(20)7-5-14)17-8-3-13(12-21)11-16(17)18(23)24-19/h3-8,11,22H,2,9-10H2,1H3. The minimum Gasteiger partial charge on any atom is -0.446 e. The van der Waals surface area contributed by atoms with Gasteiger partial charge in [0.15, 0.2) is 5.60 Å². The summed E-state index contributed by atoms with van der Waals surface area (Å²) in [6.07, 6.45) is 1.35. The molecule has 1 aliphatic rings. The van der Waals surface area contributed by atoms with Crippen LogP contribution in [0.2, 0.25) is 0 Å². The van der Waals surface area contributed by atoms with Crippen molar-refractivity contribution in [1.82, 2.24) is 5.32 Å². The van der Waals surface area contributed by atoms with Crippen molar-refractivity contribution in [3.8, 4) is 6.07 Å². The third-order valence-electron chi connectivity index (χ3n) is 4.34. The van der Waals surface area contributed by atoms with Crippen molar-refractivity contribution in [3.63, 3.8) is 0 Å². The fraction of sp³-hybridized carbons (Fsp3) is 0.263. The Labute approximate surface area is 139 Å². The molecule has 0 aromatic heterocycles. The fourth-order valence-electron chi connectivity index (χ4n) is 3.18. The number of nitrogens with zero attached hydrogens (tertiary/aromatic N) is 1. The van der Waals surface area contributed by atoms with Crippen LogP contribution in [0, 0.1) is 17.1 Å². The molecule has 4 nitrogen and oxygen atoms in total. The lowest BCUT2D eigenvalue weighted by Gasteiger charge is -2.29. The number of rotatable bonds is 5. The first kappa shape index (κ1) is 16.2. The van der Waals surface area contributed by atoms with Crippen molar-refractivity contribution in [1.29, 1.82) is 5.26 Å². The Kier molecular flexibility index (Phi) is 4.32. The highest BCUT2D eigenvalue weighted by Gasteiger charge is 2.46. The third-order valence-corrected chi connectivity index (χ3v) is 4.34. The largest absolute Gasteiger partial charge is 0.446 e. The average molecular weight is 324 g/mol. The Morgan fingerprint density at radius 3 is 2.67 bits per heavy atom. The van der Waals surface area contributed by atoms with Crippen LogP contribution in [0.4, 0.5) is 4.39 Å². The summed E-state index contributed by atoms with van der Waals surface area (Å²) >= 11 is 0. The monoisotopic (exact) mass is 324 g/mol. The molecule has 2 aromatic carbocycles. The molecule has 3 rings (SSSR count). The molecule has 1 unspecified atom stereocenters. The lowest BCUT2D eigenvalue weighted by Crippen LogP contribution is -2.29. The highest BCUT2D eigenvalue weighted by molar-refractivity contribution is 5.95. The van der Waals surface area contributed by atoms with E-state index in [1.807, 2.05) is 13.1 Å². The molecule has 0 saturated heterocycles. The molecule has 0 aliphatic carbocycles. The van der Waals surface area contributed by atoms with Crippen molar-refractivity contribution >= 4 is 5.97 Å². The number of halogens is 1. The smallest absolute Gasteiger partial charge is 0.339 e. The van der Waals surface area contributed by atoms with Crippen LogP contribution < -0.4 is 5.32 Å². The number of hydrogen-bond donors (Lipinski definition) is 1. The number of carbonyl (C=O) groups excluding carboxylic acids is 1. The second-order valence-corrected chi connectivity index (χ2v) is 5.80. The van der Waals surface area contributed by atoms with E-state index in [-0.39, 0.29) is 5.82 Å². The van der Waals surface area contributed by atoms with Gasteiger partial charge >= 0.3 is 5.97 Å². The molecule has 0 spiro atoms. The SMILES string of the molecule is CNCCCC1(c2ccc(F)cc2)OC(=O)c2cc(C#N)ccc21. The van der Waals surface area contributed by atoms with Gasteiger partial charge in [-0.2, -0.15) is 5.26 Å². The first-order valence-corrected chi connectivity index (χ1v) is 7.79. The molecule has 122 valence electrons. The molecule has 1 aliphatic heterocycles. The number of cyclic esters (lactones) is 1. The van der Waals surface area contributed by atoms with E-state index in [0.717, 1.165) is 24.1 Å². The quantitative estimate of drug-likeness (QED) is 0.678. The zero-order valence-corrected chi connectivity index (χ0v) is 13.3. The van der Waals surface area contributed by atoms with Gasteiger partial charge in [-0.25, -0.2) is 9.18 Å². The normalized spacial score (nSPS) is 18.8. The van der Waals surface area contributed by atoms with E-state index < -0.39 is 11.6 Å². The molecular weight excluding hydrogens is 307 g/mol. The van der Waals surface area contributed by atoms with Gasteiger partial charge in [0.25, 0.3) is 0 Å². The van der Waals surface area contributed by atoms with Crippen LogP contribution in [0.5, 0.6) is 0 Å². The Morgan fingerprint density at radius 1 is 1.25 bits per heavy atom. The van der Waals surface area contributed by atoms with Gasteiger partial charge in [0.1, 0.15) is 5.82 Å². The highest BCUT2D eigenvalue weighted by Crippen LogP contribution is 2.45. The van der Waals surface area contributed by atoms with Gasteiger partial charge in [-0.05, 0) is 50.7 Å². The number of nitriles is 1. The number of benzene rings is 2. The molecule has 2 aromatic rings. The number of ether oxygens (including phenoxy) is 1. The molecule has 0 saturated carbocycles. The molecule has 24 heavy (non-hydrogen) atoms. The predicted octanol–water partition coefficient (Wildman–Crippen LogP) is 3.11. The Balaban J connectivity index is 2.12. The Hall–Kier alpha value is -2.71. The van der Waals surface area contributed by atoms with E-state index in [9.17, 15) is 9.18 Å². The zero-order chi connectivity index (χ0) is 17.2. The molecule has 1 atom stereocenters. The maximum absolute atomic E-state index is 13.3. The predicted molar refractivity (Wildman–Crippen MR) is 86.9 cm³/mol. The summed E-state index contributed by atoms with van der Waals surface area (Å²) in [6.45, 7) is 0.770. The number of esters is 1. The first-order chi connectivity index (χ1) is 11.6. The van der Waals surface area contributed by atoms with Crippen molar-refractivity contribution < 1.29 is 13.9 Å². The minimum atomic E-state index is -0.940. The minimum absolute atomic E-state index is 0.339. The summed E-state index contributed by atoms with van der Waals surface area (Å²) in [5, 5.41) is 12.1. The van der Waals surface area contributed by atoms with Crippen LogP contribution in [-0.2, 0) is 10.3 Å².